The standard InChI is InChI=1S/C23H22N2O3/c1-28-19-11-9-16(10-12-19)14-24-23(27)18-13-22(26)25(15-18)21-8-4-6-17-5-2-3-7-20(17)21/h2-12,18H,13-15H2,1H3,(H,24,27)/t18-/m0/s1. The van der Waals surface area contributed by atoms with Crippen molar-refractivity contribution in [1.82, 2.24) is 5.32 Å². The Bertz CT molecular complexity index is 1010. The molecular weight excluding hydrogens is 352 g/mol. The van der Waals surface area contributed by atoms with Gasteiger partial charge in [-0.25, -0.2) is 0 Å². The first-order valence-corrected chi connectivity index (χ1v) is 9.34. The minimum absolute atomic E-state index is 0.0130. The van der Waals surface area contributed by atoms with Crippen LogP contribution >= 0.6 is 0 Å². The van der Waals surface area contributed by atoms with Gasteiger partial charge in [-0.2, -0.15) is 0 Å². The van der Waals surface area contributed by atoms with Crippen LogP contribution in [0.15, 0.2) is 66.7 Å². The van der Waals surface area contributed by atoms with Gasteiger partial charge in [0.1, 0.15) is 5.75 Å². The minimum Gasteiger partial charge on any atom is -0.497 e. The lowest BCUT2D eigenvalue weighted by molar-refractivity contribution is -0.126. The van der Waals surface area contributed by atoms with Crippen LogP contribution in [-0.4, -0.2) is 25.5 Å². The third kappa shape index (κ3) is 3.56. The number of benzene rings is 3. The van der Waals surface area contributed by atoms with Crippen molar-refractivity contribution in [2.75, 3.05) is 18.6 Å². The van der Waals surface area contributed by atoms with Crippen LogP contribution in [0.4, 0.5) is 5.69 Å². The zero-order valence-electron chi connectivity index (χ0n) is 15.7. The number of amides is 2. The normalized spacial score (nSPS) is 16.4. The number of methoxy groups -OCH3 is 1. The summed E-state index contributed by atoms with van der Waals surface area (Å²) in [5.41, 5.74) is 1.86. The van der Waals surface area contributed by atoms with E-state index in [-0.39, 0.29) is 24.2 Å². The Morgan fingerprint density at radius 1 is 1.07 bits per heavy atom. The van der Waals surface area contributed by atoms with Gasteiger partial charge in [-0.05, 0) is 29.1 Å². The van der Waals surface area contributed by atoms with Gasteiger partial charge in [0.05, 0.1) is 18.7 Å². The van der Waals surface area contributed by atoms with Gasteiger partial charge in [-0.1, -0.05) is 48.5 Å². The van der Waals surface area contributed by atoms with Crippen molar-refractivity contribution in [3.63, 3.8) is 0 Å². The predicted octanol–water partition coefficient (Wildman–Crippen LogP) is 3.52. The number of carbonyl (C=O) groups is 2. The number of nitrogens with zero attached hydrogens (tertiary/aromatic N) is 1. The van der Waals surface area contributed by atoms with E-state index in [0.717, 1.165) is 27.8 Å². The molecule has 3 aromatic carbocycles. The monoisotopic (exact) mass is 374 g/mol. The average Bonchev–Trinajstić information content (AvgIpc) is 3.13. The van der Waals surface area contributed by atoms with Crippen LogP contribution in [0.1, 0.15) is 12.0 Å². The second kappa shape index (κ2) is 7.72. The molecule has 142 valence electrons. The molecule has 0 aromatic heterocycles. The summed E-state index contributed by atoms with van der Waals surface area (Å²) in [5, 5.41) is 5.06. The Balaban J connectivity index is 1.44. The number of anilines is 1. The maximum absolute atomic E-state index is 12.6. The van der Waals surface area contributed by atoms with Gasteiger partial charge < -0.3 is 15.0 Å². The van der Waals surface area contributed by atoms with Gasteiger partial charge in [0, 0.05) is 24.9 Å². The smallest absolute Gasteiger partial charge is 0.227 e. The van der Waals surface area contributed by atoms with Gasteiger partial charge in [0.15, 0.2) is 0 Å². The van der Waals surface area contributed by atoms with Crippen LogP contribution in [-0.2, 0) is 16.1 Å². The number of fused-ring (bicyclic) bond motifs is 1. The first-order chi connectivity index (χ1) is 13.7. The second-order valence-corrected chi connectivity index (χ2v) is 6.97. The number of nitrogens with one attached hydrogen (secondary N) is 1. The first-order valence-electron chi connectivity index (χ1n) is 9.34. The molecule has 1 atom stereocenters. The van der Waals surface area contributed by atoms with Gasteiger partial charge >= 0.3 is 0 Å². The summed E-state index contributed by atoms with van der Waals surface area (Å²) in [4.78, 5) is 27.0. The lowest BCUT2D eigenvalue weighted by Crippen LogP contribution is -2.32. The summed E-state index contributed by atoms with van der Waals surface area (Å²) < 4.78 is 5.14. The lowest BCUT2D eigenvalue weighted by Gasteiger charge is -2.19. The highest BCUT2D eigenvalue weighted by Crippen LogP contribution is 2.31. The van der Waals surface area contributed by atoms with E-state index in [1.165, 1.54) is 0 Å². The van der Waals surface area contributed by atoms with Gasteiger partial charge in [-0.3, -0.25) is 9.59 Å². The Kier molecular flexibility index (Phi) is 4.98. The van der Waals surface area contributed by atoms with Crippen molar-refractivity contribution < 1.29 is 14.3 Å². The number of rotatable bonds is 5. The Morgan fingerprint density at radius 3 is 2.61 bits per heavy atom. The Hall–Kier alpha value is -3.34. The minimum atomic E-state index is -0.343. The number of hydrogen-bond acceptors (Lipinski definition) is 3. The predicted molar refractivity (Wildman–Crippen MR) is 109 cm³/mol. The third-order valence-corrected chi connectivity index (χ3v) is 5.18. The summed E-state index contributed by atoms with van der Waals surface area (Å²) in [7, 11) is 1.62. The highest BCUT2D eigenvalue weighted by atomic mass is 16.5. The molecule has 4 rings (SSSR count). The molecule has 3 aromatic rings. The fourth-order valence-corrected chi connectivity index (χ4v) is 3.64. The molecule has 0 radical (unpaired) electrons. The molecule has 1 fully saturated rings. The SMILES string of the molecule is COc1ccc(CNC(=O)[C@H]2CC(=O)N(c3cccc4ccccc34)C2)cc1. The van der Waals surface area contributed by atoms with E-state index in [9.17, 15) is 9.59 Å². The Morgan fingerprint density at radius 2 is 1.82 bits per heavy atom. The molecule has 1 N–H and O–H groups in total. The van der Waals surface area contributed by atoms with Crippen molar-refractivity contribution >= 4 is 28.3 Å². The van der Waals surface area contributed by atoms with Crippen LogP contribution in [0.3, 0.4) is 0 Å². The molecule has 5 nitrogen and oxygen atoms in total. The summed E-state index contributed by atoms with van der Waals surface area (Å²) >= 11 is 0. The lowest BCUT2D eigenvalue weighted by atomic mass is 10.1. The van der Waals surface area contributed by atoms with Crippen molar-refractivity contribution in [3.05, 3.63) is 72.3 Å². The molecule has 0 aliphatic carbocycles. The molecule has 0 unspecified atom stereocenters. The van der Waals surface area contributed by atoms with Crippen molar-refractivity contribution in [2.45, 2.75) is 13.0 Å². The number of ether oxygens (including phenoxy) is 1. The molecule has 2 amide bonds. The topological polar surface area (TPSA) is 58.6 Å². The molecular formula is C23H22N2O3. The van der Waals surface area contributed by atoms with Crippen molar-refractivity contribution in [3.8, 4) is 5.75 Å². The van der Waals surface area contributed by atoms with E-state index in [0.29, 0.717) is 13.1 Å². The van der Waals surface area contributed by atoms with Crippen LogP contribution in [0, 0.1) is 5.92 Å². The number of hydrogen-bond donors (Lipinski definition) is 1. The van der Waals surface area contributed by atoms with Gasteiger partial charge in [0.2, 0.25) is 11.8 Å². The molecule has 0 spiro atoms. The molecule has 1 aliphatic heterocycles. The fraction of sp³-hybridized carbons (Fsp3) is 0.217. The van der Waals surface area contributed by atoms with Crippen LogP contribution in [0.25, 0.3) is 10.8 Å². The largest absolute Gasteiger partial charge is 0.497 e. The third-order valence-electron chi connectivity index (χ3n) is 5.18. The van der Waals surface area contributed by atoms with Crippen LogP contribution in [0.5, 0.6) is 5.75 Å². The van der Waals surface area contributed by atoms with Crippen molar-refractivity contribution in [2.24, 2.45) is 5.92 Å². The molecule has 1 aliphatic rings. The van der Waals surface area contributed by atoms with E-state index in [4.69, 9.17) is 4.74 Å². The van der Waals surface area contributed by atoms with Gasteiger partial charge in [-0.15, -0.1) is 0 Å². The van der Waals surface area contributed by atoms with Crippen molar-refractivity contribution in [1.29, 1.82) is 0 Å². The first kappa shape index (κ1) is 18.0. The van der Waals surface area contributed by atoms with Crippen LogP contribution in [0.2, 0.25) is 0 Å². The van der Waals surface area contributed by atoms with E-state index >= 15 is 0 Å². The van der Waals surface area contributed by atoms with Crippen LogP contribution < -0.4 is 15.0 Å². The molecule has 1 heterocycles. The summed E-state index contributed by atoms with van der Waals surface area (Å²) in [6.07, 6.45) is 0.234. The quantitative estimate of drug-likeness (QED) is 0.743. The maximum atomic E-state index is 12.6. The zero-order chi connectivity index (χ0) is 19.5. The molecule has 5 heteroatoms. The molecule has 28 heavy (non-hydrogen) atoms. The molecule has 0 saturated carbocycles. The molecule has 0 bridgehead atoms. The van der Waals surface area contributed by atoms with E-state index < -0.39 is 0 Å². The Labute approximate surface area is 163 Å². The number of carbonyl (C=O) groups excluding carboxylic acids is 2. The maximum Gasteiger partial charge on any atom is 0.227 e. The van der Waals surface area contributed by atoms with E-state index in [1.54, 1.807) is 12.0 Å². The summed E-state index contributed by atoms with van der Waals surface area (Å²) in [5.74, 6) is 0.333. The summed E-state index contributed by atoms with van der Waals surface area (Å²) in [6.45, 7) is 0.836. The fourth-order valence-electron chi connectivity index (χ4n) is 3.64. The summed E-state index contributed by atoms with van der Waals surface area (Å²) in [6, 6.07) is 21.5. The van der Waals surface area contributed by atoms with E-state index in [1.807, 2.05) is 66.7 Å². The highest BCUT2D eigenvalue weighted by molar-refractivity contribution is 6.06. The van der Waals surface area contributed by atoms with Gasteiger partial charge in [0.25, 0.3) is 0 Å². The average molecular weight is 374 g/mol. The second-order valence-electron chi connectivity index (χ2n) is 6.97. The zero-order valence-corrected chi connectivity index (χ0v) is 15.7. The molecule has 1 saturated heterocycles. The van der Waals surface area contributed by atoms with E-state index in [2.05, 4.69) is 5.32 Å². The highest BCUT2D eigenvalue weighted by Gasteiger charge is 2.35.